The van der Waals surface area contributed by atoms with Gasteiger partial charge in [-0.2, -0.15) is 0 Å². The van der Waals surface area contributed by atoms with Gasteiger partial charge in [0.1, 0.15) is 5.76 Å². The van der Waals surface area contributed by atoms with Crippen LogP contribution in [-0.2, 0) is 11.3 Å². The van der Waals surface area contributed by atoms with Crippen LogP contribution in [0.25, 0.3) is 6.08 Å². The summed E-state index contributed by atoms with van der Waals surface area (Å²) in [4.78, 5) is 22.5. The van der Waals surface area contributed by atoms with E-state index in [9.17, 15) is 9.59 Å². The standard InChI is InChI=1S/C16H15NO4/c1-11-9-13(5-4-12(11)6-7-15(18)19)16(20)17-10-14-3-2-8-21-14/h2-9H,10H2,1H3,(H,17,20)(H,18,19)/b7-6+. The van der Waals surface area contributed by atoms with Crippen LogP contribution in [-0.4, -0.2) is 17.0 Å². The molecular formula is C16H15NO4. The van der Waals surface area contributed by atoms with Crippen molar-refractivity contribution >= 4 is 18.0 Å². The molecule has 0 atom stereocenters. The number of carboxylic acid groups (broad SMARTS) is 1. The smallest absolute Gasteiger partial charge is 0.328 e. The van der Waals surface area contributed by atoms with Crippen LogP contribution in [0.15, 0.2) is 47.1 Å². The average molecular weight is 285 g/mol. The van der Waals surface area contributed by atoms with Crippen LogP contribution >= 0.6 is 0 Å². The van der Waals surface area contributed by atoms with Crippen molar-refractivity contribution in [2.45, 2.75) is 13.5 Å². The molecule has 1 heterocycles. The van der Waals surface area contributed by atoms with Crippen molar-refractivity contribution in [2.75, 3.05) is 0 Å². The molecule has 0 aliphatic carbocycles. The number of hydrogen-bond acceptors (Lipinski definition) is 3. The minimum atomic E-state index is -1.00. The summed E-state index contributed by atoms with van der Waals surface area (Å²) in [5, 5.41) is 11.4. The number of carbonyl (C=O) groups is 2. The molecule has 0 aliphatic rings. The molecule has 0 bridgehead atoms. The summed E-state index contributed by atoms with van der Waals surface area (Å²) in [5.74, 6) is -0.529. The number of rotatable bonds is 5. The normalized spacial score (nSPS) is 10.7. The van der Waals surface area contributed by atoms with Gasteiger partial charge in [-0.3, -0.25) is 4.79 Å². The highest BCUT2D eigenvalue weighted by atomic mass is 16.4. The van der Waals surface area contributed by atoms with Crippen LogP contribution in [0.5, 0.6) is 0 Å². The van der Waals surface area contributed by atoms with Gasteiger partial charge in [-0.15, -0.1) is 0 Å². The average Bonchev–Trinajstić information content (AvgIpc) is 2.96. The molecule has 108 valence electrons. The van der Waals surface area contributed by atoms with Crippen molar-refractivity contribution in [1.82, 2.24) is 5.32 Å². The van der Waals surface area contributed by atoms with E-state index < -0.39 is 5.97 Å². The molecular weight excluding hydrogens is 270 g/mol. The van der Waals surface area contributed by atoms with E-state index >= 15 is 0 Å². The first kappa shape index (κ1) is 14.6. The van der Waals surface area contributed by atoms with E-state index in [2.05, 4.69) is 5.32 Å². The first-order valence-electron chi connectivity index (χ1n) is 6.38. The number of hydrogen-bond donors (Lipinski definition) is 2. The summed E-state index contributed by atoms with van der Waals surface area (Å²) in [6.45, 7) is 2.15. The molecule has 0 saturated heterocycles. The maximum atomic E-state index is 12.0. The lowest BCUT2D eigenvalue weighted by Crippen LogP contribution is -2.22. The zero-order chi connectivity index (χ0) is 15.2. The largest absolute Gasteiger partial charge is 0.478 e. The summed E-state index contributed by atoms with van der Waals surface area (Å²) >= 11 is 0. The summed E-state index contributed by atoms with van der Waals surface area (Å²) in [6.07, 6.45) is 4.12. The van der Waals surface area contributed by atoms with Gasteiger partial charge in [-0.1, -0.05) is 6.07 Å². The van der Waals surface area contributed by atoms with Crippen LogP contribution in [0.2, 0.25) is 0 Å². The fourth-order valence-corrected chi connectivity index (χ4v) is 1.85. The molecule has 2 rings (SSSR count). The fraction of sp³-hybridized carbons (Fsp3) is 0.125. The number of carbonyl (C=O) groups excluding carboxylic acids is 1. The molecule has 0 saturated carbocycles. The van der Waals surface area contributed by atoms with Crippen molar-refractivity contribution in [3.63, 3.8) is 0 Å². The minimum absolute atomic E-state index is 0.205. The molecule has 0 spiro atoms. The quantitative estimate of drug-likeness (QED) is 0.828. The first-order chi connectivity index (χ1) is 10.1. The van der Waals surface area contributed by atoms with Gasteiger partial charge in [0.25, 0.3) is 5.91 Å². The highest BCUT2D eigenvalue weighted by Crippen LogP contribution is 2.13. The highest BCUT2D eigenvalue weighted by Gasteiger charge is 2.07. The Balaban J connectivity index is 2.05. The molecule has 0 aliphatic heterocycles. The van der Waals surface area contributed by atoms with E-state index in [1.54, 1.807) is 36.6 Å². The molecule has 0 fully saturated rings. The minimum Gasteiger partial charge on any atom is -0.478 e. The van der Waals surface area contributed by atoms with Gasteiger partial charge in [-0.25, -0.2) is 4.79 Å². The van der Waals surface area contributed by atoms with Crippen molar-refractivity contribution < 1.29 is 19.1 Å². The van der Waals surface area contributed by atoms with Crippen LogP contribution < -0.4 is 5.32 Å². The number of amides is 1. The van der Waals surface area contributed by atoms with Crippen LogP contribution in [0, 0.1) is 6.92 Å². The number of furan rings is 1. The van der Waals surface area contributed by atoms with Gasteiger partial charge < -0.3 is 14.8 Å². The van der Waals surface area contributed by atoms with Gasteiger partial charge in [0.05, 0.1) is 12.8 Å². The number of carboxylic acids is 1. The molecule has 21 heavy (non-hydrogen) atoms. The predicted molar refractivity (Wildman–Crippen MR) is 77.7 cm³/mol. The van der Waals surface area contributed by atoms with E-state index in [4.69, 9.17) is 9.52 Å². The molecule has 1 aromatic carbocycles. The Hall–Kier alpha value is -2.82. The molecule has 1 amide bonds. The van der Waals surface area contributed by atoms with Gasteiger partial charge in [0, 0.05) is 11.6 Å². The van der Waals surface area contributed by atoms with Crippen molar-refractivity contribution in [3.8, 4) is 0 Å². The topological polar surface area (TPSA) is 79.5 Å². The maximum Gasteiger partial charge on any atom is 0.328 e. The third-order valence-corrected chi connectivity index (χ3v) is 2.94. The maximum absolute atomic E-state index is 12.0. The monoisotopic (exact) mass is 285 g/mol. The molecule has 5 heteroatoms. The second-order valence-electron chi connectivity index (χ2n) is 4.50. The summed E-state index contributed by atoms with van der Waals surface area (Å²) in [5.41, 5.74) is 2.12. The van der Waals surface area contributed by atoms with Gasteiger partial charge in [0.2, 0.25) is 0 Å². The second kappa shape index (κ2) is 6.56. The Bertz CT molecular complexity index is 672. The Kier molecular flexibility index (Phi) is 4.56. The Morgan fingerprint density at radius 2 is 2.14 bits per heavy atom. The van der Waals surface area contributed by atoms with E-state index in [1.165, 1.54) is 6.08 Å². The predicted octanol–water partition coefficient (Wildman–Crippen LogP) is 2.62. The lowest BCUT2D eigenvalue weighted by atomic mass is 10.0. The number of nitrogens with one attached hydrogen (secondary N) is 1. The van der Waals surface area contributed by atoms with Crippen molar-refractivity contribution in [2.24, 2.45) is 0 Å². The van der Waals surface area contributed by atoms with E-state index in [0.717, 1.165) is 17.2 Å². The van der Waals surface area contributed by atoms with Gasteiger partial charge in [-0.05, 0) is 48.4 Å². The van der Waals surface area contributed by atoms with Crippen LogP contribution in [0.4, 0.5) is 0 Å². The van der Waals surface area contributed by atoms with E-state index in [0.29, 0.717) is 17.9 Å². The Labute approximate surface area is 121 Å². The zero-order valence-electron chi connectivity index (χ0n) is 11.5. The van der Waals surface area contributed by atoms with E-state index in [1.807, 2.05) is 6.92 Å². The highest BCUT2D eigenvalue weighted by molar-refractivity contribution is 5.94. The first-order valence-corrected chi connectivity index (χ1v) is 6.38. The Morgan fingerprint density at radius 3 is 2.76 bits per heavy atom. The van der Waals surface area contributed by atoms with Gasteiger partial charge in [0.15, 0.2) is 0 Å². The SMILES string of the molecule is Cc1cc(C(=O)NCc2ccco2)ccc1/C=C/C(=O)O. The third-order valence-electron chi connectivity index (χ3n) is 2.94. The zero-order valence-corrected chi connectivity index (χ0v) is 11.5. The Morgan fingerprint density at radius 1 is 1.33 bits per heavy atom. The third kappa shape index (κ3) is 4.07. The molecule has 2 aromatic rings. The fourth-order valence-electron chi connectivity index (χ4n) is 1.85. The molecule has 5 nitrogen and oxygen atoms in total. The second-order valence-corrected chi connectivity index (χ2v) is 4.50. The molecule has 1 aromatic heterocycles. The van der Waals surface area contributed by atoms with Crippen molar-refractivity contribution in [3.05, 3.63) is 65.1 Å². The number of aryl methyl sites for hydroxylation is 1. The van der Waals surface area contributed by atoms with Crippen LogP contribution in [0.3, 0.4) is 0 Å². The van der Waals surface area contributed by atoms with Crippen LogP contribution in [0.1, 0.15) is 27.2 Å². The lowest BCUT2D eigenvalue weighted by molar-refractivity contribution is -0.131. The van der Waals surface area contributed by atoms with Gasteiger partial charge >= 0.3 is 5.97 Å². The van der Waals surface area contributed by atoms with E-state index in [-0.39, 0.29) is 5.91 Å². The summed E-state index contributed by atoms with van der Waals surface area (Å²) in [6, 6.07) is 8.64. The lowest BCUT2D eigenvalue weighted by Gasteiger charge is -2.06. The summed E-state index contributed by atoms with van der Waals surface area (Å²) in [7, 11) is 0. The molecule has 2 N–H and O–H groups in total. The van der Waals surface area contributed by atoms with Crippen molar-refractivity contribution in [1.29, 1.82) is 0 Å². The number of aliphatic carboxylic acids is 1. The molecule has 0 radical (unpaired) electrons. The number of benzene rings is 1. The summed E-state index contributed by atoms with van der Waals surface area (Å²) < 4.78 is 5.14. The molecule has 0 unspecified atom stereocenters.